The van der Waals surface area contributed by atoms with E-state index in [1.807, 2.05) is 43.5 Å². The number of para-hydroxylation sites is 1. The normalized spacial score (nSPS) is 10.7. The van der Waals surface area contributed by atoms with Gasteiger partial charge in [-0.3, -0.25) is 4.98 Å². The Labute approximate surface area is 106 Å². The molecule has 1 aromatic heterocycles. The maximum Gasteiger partial charge on any atom is 0.0702 e. The van der Waals surface area contributed by atoms with E-state index in [9.17, 15) is 0 Å². The predicted molar refractivity (Wildman–Crippen MR) is 76.3 cm³/mol. The van der Waals surface area contributed by atoms with Gasteiger partial charge in [-0.05, 0) is 42.3 Å². The second-order valence-corrected chi connectivity index (χ2v) is 4.55. The molecule has 0 saturated heterocycles. The van der Waals surface area contributed by atoms with E-state index in [1.165, 1.54) is 0 Å². The van der Waals surface area contributed by atoms with Gasteiger partial charge in [0.05, 0.1) is 5.52 Å². The summed E-state index contributed by atoms with van der Waals surface area (Å²) in [5, 5.41) is 1.15. The molecule has 0 radical (unpaired) electrons. The van der Waals surface area contributed by atoms with E-state index in [2.05, 4.69) is 23.2 Å². The molecule has 88 valence electrons. The number of nitrogens with zero attached hydrogens (tertiary/aromatic N) is 1. The predicted octanol–water partition coefficient (Wildman–Crippen LogP) is 3.79. The molecular weight excluding hydrogens is 220 g/mol. The highest BCUT2D eigenvalue weighted by molar-refractivity contribution is 5.84. The number of aryl methyl sites for hydroxylation is 1. The first kappa shape index (κ1) is 10.8. The van der Waals surface area contributed by atoms with Crippen LogP contribution in [0.2, 0.25) is 0 Å². The van der Waals surface area contributed by atoms with E-state index >= 15 is 0 Å². The lowest BCUT2D eigenvalue weighted by atomic mass is 10.0. The summed E-state index contributed by atoms with van der Waals surface area (Å²) in [5.41, 5.74) is 11.1. The van der Waals surface area contributed by atoms with Crippen molar-refractivity contribution in [2.45, 2.75) is 6.92 Å². The largest absolute Gasteiger partial charge is 0.399 e. The first-order valence-electron chi connectivity index (χ1n) is 5.95. The number of nitrogens with two attached hydrogens (primary N) is 1. The molecule has 0 aliphatic rings. The zero-order chi connectivity index (χ0) is 12.5. The van der Waals surface area contributed by atoms with Gasteiger partial charge < -0.3 is 5.73 Å². The molecule has 0 bridgehead atoms. The van der Waals surface area contributed by atoms with Crippen LogP contribution in [0.3, 0.4) is 0 Å². The van der Waals surface area contributed by atoms with Crippen LogP contribution in [0.4, 0.5) is 5.69 Å². The first-order chi connectivity index (χ1) is 8.72. The molecule has 2 aromatic carbocycles. The third-order valence-corrected chi connectivity index (χ3v) is 3.02. The third kappa shape index (κ3) is 1.93. The molecule has 3 aromatic rings. The number of hydrogen-bond acceptors (Lipinski definition) is 2. The Morgan fingerprint density at radius 1 is 0.944 bits per heavy atom. The minimum Gasteiger partial charge on any atom is -0.399 e. The molecule has 18 heavy (non-hydrogen) atoms. The van der Waals surface area contributed by atoms with Crippen LogP contribution in [-0.4, -0.2) is 4.98 Å². The standard InChI is InChI=1S/C16H14N2/c1-11-6-13(9-15(17)7-11)14-8-12-4-2-3-5-16(12)18-10-14/h2-10H,17H2,1H3. The first-order valence-corrected chi connectivity index (χ1v) is 5.95. The van der Waals surface area contributed by atoms with Crippen molar-refractivity contribution in [1.29, 1.82) is 0 Å². The van der Waals surface area contributed by atoms with Crippen molar-refractivity contribution in [3.63, 3.8) is 0 Å². The summed E-state index contributed by atoms with van der Waals surface area (Å²) >= 11 is 0. The van der Waals surface area contributed by atoms with Crippen molar-refractivity contribution in [3.05, 3.63) is 60.3 Å². The SMILES string of the molecule is Cc1cc(N)cc(-c2cnc3ccccc3c2)c1. The number of fused-ring (bicyclic) bond motifs is 1. The Morgan fingerprint density at radius 2 is 1.78 bits per heavy atom. The summed E-state index contributed by atoms with van der Waals surface area (Å²) < 4.78 is 0. The van der Waals surface area contributed by atoms with E-state index in [1.54, 1.807) is 0 Å². The molecular formula is C16H14N2. The summed E-state index contributed by atoms with van der Waals surface area (Å²) in [7, 11) is 0. The van der Waals surface area contributed by atoms with Crippen LogP contribution in [-0.2, 0) is 0 Å². The van der Waals surface area contributed by atoms with E-state index in [4.69, 9.17) is 5.73 Å². The average Bonchev–Trinajstić information content (AvgIpc) is 2.37. The topological polar surface area (TPSA) is 38.9 Å². The number of pyridine rings is 1. The lowest BCUT2D eigenvalue weighted by Gasteiger charge is -2.06. The van der Waals surface area contributed by atoms with Crippen LogP contribution in [0, 0.1) is 6.92 Å². The fourth-order valence-electron chi connectivity index (χ4n) is 2.21. The van der Waals surface area contributed by atoms with E-state index in [0.29, 0.717) is 0 Å². The fraction of sp³-hybridized carbons (Fsp3) is 0.0625. The fourth-order valence-corrected chi connectivity index (χ4v) is 2.21. The van der Waals surface area contributed by atoms with Gasteiger partial charge in [0, 0.05) is 22.8 Å². The van der Waals surface area contributed by atoms with Gasteiger partial charge >= 0.3 is 0 Å². The molecule has 0 atom stereocenters. The quantitative estimate of drug-likeness (QED) is 0.650. The summed E-state index contributed by atoms with van der Waals surface area (Å²) in [6.45, 7) is 2.05. The molecule has 2 N–H and O–H groups in total. The average molecular weight is 234 g/mol. The molecule has 0 aliphatic heterocycles. The number of nitrogen functional groups attached to an aromatic ring is 1. The third-order valence-electron chi connectivity index (χ3n) is 3.02. The molecule has 0 aliphatic carbocycles. The van der Waals surface area contributed by atoms with Crippen LogP contribution >= 0.6 is 0 Å². The summed E-state index contributed by atoms with van der Waals surface area (Å²) in [6, 6.07) is 16.3. The van der Waals surface area contributed by atoms with Gasteiger partial charge in [0.1, 0.15) is 0 Å². The van der Waals surface area contributed by atoms with E-state index in [-0.39, 0.29) is 0 Å². The molecule has 0 saturated carbocycles. The Hall–Kier alpha value is -2.35. The Kier molecular flexibility index (Phi) is 2.49. The van der Waals surface area contributed by atoms with Gasteiger partial charge in [-0.15, -0.1) is 0 Å². The Bertz CT molecular complexity index is 697. The van der Waals surface area contributed by atoms with Crippen molar-refractivity contribution < 1.29 is 0 Å². The molecule has 0 unspecified atom stereocenters. The number of anilines is 1. The number of rotatable bonds is 1. The number of benzene rings is 2. The number of aromatic nitrogens is 1. The number of hydrogen-bond donors (Lipinski definition) is 1. The molecule has 1 heterocycles. The van der Waals surface area contributed by atoms with Gasteiger partial charge in [0.15, 0.2) is 0 Å². The molecule has 3 rings (SSSR count). The summed E-state index contributed by atoms with van der Waals surface area (Å²) in [6.07, 6.45) is 1.90. The summed E-state index contributed by atoms with van der Waals surface area (Å²) in [4.78, 5) is 4.48. The van der Waals surface area contributed by atoms with Crippen molar-refractivity contribution in [2.24, 2.45) is 0 Å². The minimum atomic E-state index is 0.790. The van der Waals surface area contributed by atoms with Crippen molar-refractivity contribution in [1.82, 2.24) is 4.98 Å². The highest BCUT2D eigenvalue weighted by Gasteiger charge is 2.02. The second kappa shape index (κ2) is 4.15. The van der Waals surface area contributed by atoms with E-state index in [0.717, 1.165) is 33.3 Å². The van der Waals surface area contributed by atoms with Crippen LogP contribution in [0.25, 0.3) is 22.0 Å². The molecule has 0 amide bonds. The smallest absolute Gasteiger partial charge is 0.0702 e. The van der Waals surface area contributed by atoms with Gasteiger partial charge in [0.2, 0.25) is 0 Å². The van der Waals surface area contributed by atoms with Crippen molar-refractivity contribution >= 4 is 16.6 Å². The van der Waals surface area contributed by atoms with Crippen LogP contribution < -0.4 is 5.73 Å². The Morgan fingerprint density at radius 3 is 2.61 bits per heavy atom. The van der Waals surface area contributed by atoms with Crippen molar-refractivity contribution in [3.8, 4) is 11.1 Å². The molecule has 0 spiro atoms. The molecule has 0 fully saturated rings. The van der Waals surface area contributed by atoms with E-state index < -0.39 is 0 Å². The summed E-state index contributed by atoms with van der Waals surface area (Å²) in [5.74, 6) is 0. The lowest BCUT2D eigenvalue weighted by molar-refractivity contribution is 1.40. The highest BCUT2D eigenvalue weighted by atomic mass is 14.6. The molecule has 2 nitrogen and oxygen atoms in total. The zero-order valence-electron chi connectivity index (χ0n) is 10.2. The van der Waals surface area contributed by atoms with Gasteiger partial charge in [-0.25, -0.2) is 0 Å². The Balaban J connectivity index is 2.19. The minimum absolute atomic E-state index is 0.790. The van der Waals surface area contributed by atoms with Gasteiger partial charge in [-0.2, -0.15) is 0 Å². The lowest BCUT2D eigenvalue weighted by Crippen LogP contribution is -1.89. The second-order valence-electron chi connectivity index (χ2n) is 4.55. The van der Waals surface area contributed by atoms with Crippen LogP contribution in [0.1, 0.15) is 5.56 Å². The van der Waals surface area contributed by atoms with Crippen LogP contribution in [0.5, 0.6) is 0 Å². The van der Waals surface area contributed by atoms with Crippen LogP contribution in [0.15, 0.2) is 54.7 Å². The highest BCUT2D eigenvalue weighted by Crippen LogP contribution is 2.25. The maximum atomic E-state index is 5.89. The maximum absolute atomic E-state index is 5.89. The van der Waals surface area contributed by atoms with Gasteiger partial charge in [0.25, 0.3) is 0 Å². The zero-order valence-corrected chi connectivity index (χ0v) is 10.2. The van der Waals surface area contributed by atoms with Crippen molar-refractivity contribution in [2.75, 3.05) is 5.73 Å². The monoisotopic (exact) mass is 234 g/mol. The van der Waals surface area contributed by atoms with Gasteiger partial charge in [-0.1, -0.05) is 24.3 Å². The molecule has 2 heteroatoms.